The molecule has 0 bridgehead atoms. The third kappa shape index (κ3) is 10.3. The largest absolute Gasteiger partial charge is 0.330 e. The number of hydrogen-bond acceptors (Lipinski definition) is 2. The van der Waals surface area contributed by atoms with E-state index in [4.69, 9.17) is 0 Å². The fourth-order valence-electron chi connectivity index (χ4n) is 0.535. The Hall–Kier alpha value is 0.270. The van der Waals surface area contributed by atoms with Crippen molar-refractivity contribution in [3.8, 4) is 0 Å². The van der Waals surface area contributed by atoms with Crippen molar-refractivity contribution in [2.45, 2.75) is 13.3 Å². The van der Waals surface area contributed by atoms with Crippen LogP contribution < -0.4 is 0 Å². The van der Waals surface area contributed by atoms with Gasteiger partial charge in [-0.1, -0.05) is 18.7 Å². The van der Waals surface area contributed by atoms with Gasteiger partial charge in [-0.25, -0.2) is 0 Å². The van der Waals surface area contributed by atoms with Crippen LogP contribution >= 0.6 is 24.2 Å². The van der Waals surface area contributed by atoms with Crippen LogP contribution in [0.5, 0.6) is 0 Å². The number of halogens is 1. The zero-order chi connectivity index (χ0) is 8.91. The summed E-state index contributed by atoms with van der Waals surface area (Å²) in [5.41, 5.74) is 0. The molecule has 0 unspecified atom stereocenters. The summed E-state index contributed by atoms with van der Waals surface area (Å²) < 4.78 is 0.935. The van der Waals surface area contributed by atoms with Crippen LogP contribution in [0.3, 0.4) is 0 Å². The van der Waals surface area contributed by atoms with E-state index >= 15 is 0 Å². The molecule has 0 amide bonds. The lowest BCUT2D eigenvalue weighted by Crippen LogP contribution is -2.36. The highest BCUT2D eigenvalue weighted by Gasteiger charge is 2.07. The Morgan fingerprint density at radius 1 is 1.33 bits per heavy atom. The number of carbonyl (C=O) groups is 1. The zero-order valence-electron chi connectivity index (χ0n) is 8.29. The van der Waals surface area contributed by atoms with Crippen molar-refractivity contribution in [3.05, 3.63) is 0 Å². The molecule has 0 fully saturated rings. The summed E-state index contributed by atoms with van der Waals surface area (Å²) in [6, 6.07) is 0. The van der Waals surface area contributed by atoms with Gasteiger partial charge < -0.3 is 4.48 Å². The Balaban J connectivity index is 0. The molecule has 0 rings (SSSR count). The van der Waals surface area contributed by atoms with E-state index in [9.17, 15) is 4.79 Å². The molecule has 0 saturated heterocycles. The minimum Gasteiger partial charge on any atom is -0.330 e. The first-order valence-electron chi connectivity index (χ1n) is 3.92. The number of rotatable bonds is 4. The van der Waals surface area contributed by atoms with Gasteiger partial charge in [0, 0.05) is 6.42 Å². The number of hydrogen-bond donors (Lipinski definition) is 0. The van der Waals surface area contributed by atoms with E-state index in [-0.39, 0.29) is 12.4 Å². The minimum absolute atomic E-state index is 0. The molecule has 0 N–H and O–H groups in total. The molecule has 0 aliphatic heterocycles. The maximum absolute atomic E-state index is 10.9. The average Bonchev–Trinajstić information content (AvgIpc) is 1.85. The monoisotopic (exact) mass is 212 g/mol. The summed E-state index contributed by atoms with van der Waals surface area (Å²) in [6.45, 7) is 2.96. The molecule has 4 heteroatoms. The Bertz CT molecular complexity index is 134. The lowest BCUT2D eigenvalue weighted by molar-refractivity contribution is -0.867. The van der Waals surface area contributed by atoms with E-state index < -0.39 is 0 Å². The van der Waals surface area contributed by atoms with Gasteiger partial charge in [-0.05, 0) is 0 Å². The highest BCUT2D eigenvalue weighted by Crippen LogP contribution is 2.05. The number of quaternary nitrogens is 1. The molecule has 74 valence electrons. The number of carbonyl (C=O) groups excluding carboxylic acids is 1. The van der Waals surface area contributed by atoms with Gasteiger partial charge >= 0.3 is 0 Å². The van der Waals surface area contributed by atoms with E-state index in [0.29, 0.717) is 11.5 Å². The van der Waals surface area contributed by atoms with Crippen LogP contribution in [-0.4, -0.2) is 43.0 Å². The van der Waals surface area contributed by atoms with Crippen molar-refractivity contribution in [1.29, 1.82) is 0 Å². The molecule has 0 heterocycles. The second-order valence-electron chi connectivity index (χ2n) is 3.59. The van der Waals surface area contributed by atoms with Crippen molar-refractivity contribution < 1.29 is 9.28 Å². The van der Waals surface area contributed by atoms with Crippen LogP contribution in [0.15, 0.2) is 0 Å². The van der Waals surface area contributed by atoms with Crippen LogP contribution in [0.1, 0.15) is 13.3 Å². The van der Waals surface area contributed by atoms with E-state index in [1.807, 2.05) is 6.92 Å². The van der Waals surface area contributed by atoms with Crippen LogP contribution in [0.2, 0.25) is 0 Å². The van der Waals surface area contributed by atoms with Gasteiger partial charge in [0.2, 0.25) is 0 Å². The van der Waals surface area contributed by atoms with Crippen molar-refractivity contribution in [2.24, 2.45) is 0 Å². The molecule has 0 aromatic heterocycles. The average molecular weight is 213 g/mol. The van der Waals surface area contributed by atoms with Crippen molar-refractivity contribution >= 4 is 29.3 Å². The van der Waals surface area contributed by atoms with Crippen molar-refractivity contribution in [2.75, 3.05) is 33.4 Å². The molecule has 0 aliphatic carbocycles. The molecule has 0 saturated carbocycles. The van der Waals surface area contributed by atoms with Gasteiger partial charge in [0.1, 0.15) is 0 Å². The molecule has 0 aromatic rings. The molecule has 0 atom stereocenters. The molecule has 0 aromatic carbocycles. The number of nitrogens with zero attached hydrogens (tertiary/aromatic N) is 1. The predicted molar refractivity (Wildman–Crippen MR) is 57.9 cm³/mol. The second-order valence-corrected chi connectivity index (χ2v) is 4.74. The SMILES string of the molecule is CCC(=O)SCC[N+](C)(C)C.Cl. The second kappa shape index (κ2) is 6.75. The van der Waals surface area contributed by atoms with Gasteiger partial charge in [-0.3, -0.25) is 4.79 Å². The van der Waals surface area contributed by atoms with Crippen LogP contribution in [0.25, 0.3) is 0 Å². The quantitative estimate of drug-likeness (QED) is 0.661. The summed E-state index contributed by atoms with van der Waals surface area (Å²) in [5, 5.41) is 0.304. The van der Waals surface area contributed by atoms with Crippen molar-refractivity contribution in [3.63, 3.8) is 0 Å². The molecule has 12 heavy (non-hydrogen) atoms. The van der Waals surface area contributed by atoms with Crippen LogP contribution in [-0.2, 0) is 4.79 Å². The lowest BCUT2D eigenvalue weighted by atomic mass is 10.6. The maximum Gasteiger partial charge on any atom is 0.188 e. The van der Waals surface area contributed by atoms with Gasteiger partial charge in [0.25, 0.3) is 0 Å². The van der Waals surface area contributed by atoms with E-state index in [1.165, 1.54) is 11.8 Å². The van der Waals surface area contributed by atoms with Gasteiger partial charge in [-0.2, -0.15) is 0 Å². The Morgan fingerprint density at radius 3 is 2.17 bits per heavy atom. The summed E-state index contributed by atoms with van der Waals surface area (Å²) in [5.74, 6) is 0.941. The third-order valence-electron chi connectivity index (χ3n) is 1.31. The normalized spacial score (nSPS) is 10.7. The molecular formula is C8H19ClNOS+. The van der Waals surface area contributed by atoms with E-state index in [0.717, 1.165) is 16.8 Å². The summed E-state index contributed by atoms with van der Waals surface area (Å²) in [7, 11) is 6.41. The Morgan fingerprint density at radius 2 is 1.83 bits per heavy atom. The summed E-state index contributed by atoms with van der Waals surface area (Å²) in [4.78, 5) is 10.9. The van der Waals surface area contributed by atoms with Crippen LogP contribution in [0.4, 0.5) is 0 Å². The van der Waals surface area contributed by atoms with Gasteiger partial charge in [0.15, 0.2) is 5.12 Å². The smallest absolute Gasteiger partial charge is 0.188 e. The highest BCUT2D eigenvalue weighted by atomic mass is 35.5. The third-order valence-corrected chi connectivity index (χ3v) is 2.31. The fourth-order valence-corrected chi connectivity index (χ4v) is 1.61. The first-order valence-corrected chi connectivity index (χ1v) is 4.90. The highest BCUT2D eigenvalue weighted by molar-refractivity contribution is 8.13. The molecule has 0 aliphatic rings. The standard InChI is InChI=1S/C8H18NOS.ClH/c1-5-8(10)11-7-6-9(2,3)4;/h5-7H2,1-4H3;1H/q+1;. The predicted octanol–water partition coefficient (Wildman–Crippen LogP) is 1.78. The maximum atomic E-state index is 10.9. The van der Waals surface area contributed by atoms with E-state index in [2.05, 4.69) is 21.1 Å². The molecule has 0 radical (unpaired) electrons. The van der Waals surface area contributed by atoms with Crippen LogP contribution in [0, 0.1) is 0 Å². The minimum atomic E-state index is 0. The Labute approximate surface area is 85.7 Å². The molecule has 0 spiro atoms. The number of thioether (sulfide) groups is 1. The van der Waals surface area contributed by atoms with E-state index in [1.54, 1.807) is 0 Å². The topological polar surface area (TPSA) is 17.1 Å². The first kappa shape index (κ1) is 14.8. The Kier molecular flexibility index (Phi) is 8.31. The van der Waals surface area contributed by atoms with Crippen molar-refractivity contribution in [1.82, 2.24) is 0 Å². The fraction of sp³-hybridized carbons (Fsp3) is 0.875. The zero-order valence-corrected chi connectivity index (χ0v) is 9.93. The lowest BCUT2D eigenvalue weighted by Gasteiger charge is -2.23. The van der Waals surface area contributed by atoms with Gasteiger partial charge in [-0.15, -0.1) is 12.4 Å². The van der Waals surface area contributed by atoms with Gasteiger partial charge in [0.05, 0.1) is 33.4 Å². The molecular weight excluding hydrogens is 194 g/mol. The first-order chi connectivity index (χ1) is 4.95. The summed E-state index contributed by atoms with van der Waals surface area (Å²) >= 11 is 1.45. The molecule has 2 nitrogen and oxygen atoms in total. The summed E-state index contributed by atoms with van der Waals surface area (Å²) in [6.07, 6.45) is 0.655.